The summed E-state index contributed by atoms with van der Waals surface area (Å²) in [6.45, 7) is 3.26. The summed E-state index contributed by atoms with van der Waals surface area (Å²) in [6, 6.07) is 2.28. The van der Waals surface area contributed by atoms with E-state index in [0.717, 1.165) is 26.7 Å². The molecule has 1 aromatic rings. The average molecular weight is 292 g/mol. The predicted molar refractivity (Wildman–Crippen MR) is 77.3 cm³/mol. The Kier molecular flexibility index (Phi) is 5.16. The third-order valence-electron chi connectivity index (χ3n) is 3.59. The van der Waals surface area contributed by atoms with Gasteiger partial charge in [-0.25, -0.2) is 0 Å². The summed E-state index contributed by atoms with van der Waals surface area (Å²) in [7, 11) is 0. The standard InChI is InChI=1S/C13H19Cl2NS/c1-9(11-7-12(14)17-13(11)15)16-8-10-5-3-2-4-6-10/h7,9-10,16H,2-6,8H2,1H3. The van der Waals surface area contributed by atoms with E-state index in [-0.39, 0.29) is 0 Å². The first-order valence-corrected chi connectivity index (χ1v) is 7.92. The van der Waals surface area contributed by atoms with Crippen molar-refractivity contribution in [1.82, 2.24) is 5.32 Å². The van der Waals surface area contributed by atoms with Gasteiger partial charge in [0, 0.05) is 6.04 Å². The lowest BCUT2D eigenvalue weighted by molar-refractivity contribution is 0.332. The van der Waals surface area contributed by atoms with Crippen molar-refractivity contribution < 1.29 is 0 Å². The van der Waals surface area contributed by atoms with Crippen LogP contribution >= 0.6 is 34.5 Å². The van der Waals surface area contributed by atoms with E-state index in [9.17, 15) is 0 Å². The van der Waals surface area contributed by atoms with Gasteiger partial charge in [0.05, 0.1) is 8.67 Å². The van der Waals surface area contributed by atoms with Gasteiger partial charge in [-0.2, -0.15) is 0 Å². The molecule has 0 amide bonds. The van der Waals surface area contributed by atoms with Crippen LogP contribution in [-0.4, -0.2) is 6.54 Å². The summed E-state index contributed by atoms with van der Waals surface area (Å²) in [4.78, 5) is 0. The molecule has 4 heteroatoms. The Balaban J connectivity index is 1.84. The van der Waals surface area contributed by atoms with Gasteiger partial charge in [0.1, 0.15) is 0 Å². The number of thiophene rings is 1. The first-order valence-electron chi connectivity index (χ1n) is 6.35. The number of halogens is 2. The molecule has 0 aliphatic heterocycles. The summed E-state index contributed by atoms with van der Waals surface area (Å²) >= 11 is 13.6. The van der Waals surface area contributed by atoms with Crippen molar-refractivity contribution >= 4 is 34.5 Å². The van der Waals surface area contributed by atoms with E-state index < -0.39 is 0 Å². The maximum Gasteiger partial charge on any atom is 0.0991 e. The molecule has 0 saturated heterocycles. The molecule has 1 aliphatic rings. The molecule has 1 unspecified atom stereocenters. The fraction of sp³-hybridized carbons (Fsp3) is 0.692. The Morgan fingerprint density at radius 3 is 2.65 bits per heavy atom. The van der Waals surface area contributed by atoms with Crippen molar-refractivity contribution in [3.63, 3.8) is 0 Å². The van der Waals surface area contributed by atoms with E-state index >= 15 is 0 Å². The van der Waals surface area contributed by atoms with Crippen molar-refractivity contribution in [2.24, 2.45) is 5.92 Å². The van der Waals surface area contributed by atoms with Gasteiger partial charge in [-0.3, -0.25) is 0 Å². The number of nitrogens with one attached hydrogen (secondary N) is 1. The second-order valence-corrected chi connectivity index (χ2v) is 7.20. The first kappa shape index (κ1) is 13.7. The maximum absolute atomic E-state index is 6.16. The van der Waals surface area contributed by atoms with Crippen molar-refractivity contribution in [2.45, 2.75) is 45.1 Å². The smallest absolute Gasteiger partial charge is 0.0991 e. The molecule has 1 atom stereocenters. The summed E-state index contributed by atoms with van der Waals surface area (Å²) in [5.74, 6) is 0.846. The molecule has 1 aliphatic carbocycles. The first-order chi connectivity index (χ1) is 8.16. The van der Waals surface area contributed by atoms with E-state index in [2.05, 4.69) is 12.2 Å². The lowest BCUT2D eigenvalue weighted by Gasteiger charge is -2.24. The second kappa shape index (κ2) is 6.42. The van der Waals surface area contributed by atoms with E-state index in [1.54, 1.807) is 0 Å². The molecule has 1 nitrogen and oxygen atoms in total. The molecule has 0 spiro atoms. The Bertz CT molecular complexity index is 358. The highest BCUT2D eigenvalue weighted by atomic mass is 35.5. The molecular weight excluding hydrogens is 273 g/mol. The van der Waals surface area contributed by atoms with Crippen LogP contribution in [0.15, 0.2) is 6.07 Å². The van der Waals surface area contributed by atoms with E-state index in [1.807, 2.05) is 6.07 Å². The van der Waals surface area contributed by atoms with Gasteiger partial charge < -0.3 is 5.32 Å². The van der Waals surface area contributed by atoms with Crippen LogP contribution in [0, 0.1) is 5.92 Å². The predicted octanol–water partition coefficient (Wildman–Crippen LogP) is 5.29. The zero-order valence-corrected chi connectivity index (χ0v) is 12.5. The lowest BCUT2D eigenvalue weighted by atomic mass is 9.89. The topological polar surface area (TPSA) is 12.0 Å². The third kappa shape index (κ3) is 3.85. The van der Waals surface area contributed by atoms with Gasteiger partial charge in [-0.15, -0.1) is 11.3 Å². The third-order valence-corrected chi connectivity index (χ3v) is 5.11. The number of rotatable bonds is 4. The Morgan fingerprint density at radius 2 is 2.06 bits per heavy atom. The molecule has 17 heavy (non-hydrogen) atoms. The minimum atomic E-state index is 0.299. The summed E-state index contributed by atoms with van der Waals surface area (Å²) in [5.41, 5.74) is 1.14. The van der Waals surface area contributed by atoms with E-state index in [1.165, 1.54) is 43.4 Å². The fourth-order valence-corrected chi connectivity index (χ4v) is 4.14. The minimum Gasteiger partial charge on any atom is -0.310 e. The molecule has 1 fully saturated rings. The quantitative estimate of drug-likeness (QED) is 0.795. The van der Waals surface area contributed by atoms with Crippen molar-refractivity contribution in [2.75, 3.05) is 6.54 Å². The van der Waals surface area contributed by atoms with Crippen LogP contribution < -0.4 is 5.32 Å². The molecule has 0 bridgehead atoms. The summed E-state index contributed by atoms with van der Waals surface area (Å²) < 4.78 is 1.59. The van der Waals surface area contributed by atoms with Crippen LogP contribution in [-0.2, 0) is 0 Å². The average Bonchev–Trinajstić information content (AvgIpc) is 2.67. The number of hydrogen-bond donors (Lipinski definition) is 1. The monoisotopic (exact) mass is 291 g/mol. The van der Waals surface area contributed by atoms with Crippen LogP contribution in [0.5, 0.6) is 0 Å². The van der Waals surface area contributed by atoms with Gasteiger partial charge in [-0.05, 0) is 43.9 Å². The Labute approximate surface area is 118 Å². The highest BCUT2D eigenvalue weighted by Gasteiger charge is 2.17. The zero-order chi connectivity index (χ0) is 12.3. The summed E-state index contributed by atoms with van der Waals surface area (Å²) in [5, 5.41) is 3.59. The van der Waals surface area contributed by atoms with E-state index in [4.69, 9.17) is 23.2 Å². The fourth-order valence-electron chi connectivity index (χ4n) is 2.49. The van der Waals surface area contributed by atoms with Crippen molar-refractivity contribution in [1.29, 1.82) is 0 Å². The van der Waals surface area contributed by atoms with E-state index in [0.29, 0.717) is 6.04 Å². The second-order valence-electron chi connectivity index (χ2n) is 4.91. The largest absolute Gasteiger partial charge is 0.310 e. The highest BCUT2D eigenvalue weighted by molar-refractivity contribution is 7.20. The molecule has 2 rings (SSSR count). The maximum atomic E-state index is 6.16. The van der Waals surface area contributed by atoms with Crippen LogP contribution in [0.1, 0.15) is 50.6 Å². The van der Waals surface area contributed by atoms with Crippen LogP contribution in [0.3, 0.4) is 0 Å². The molecule has 1 N–H and O–H groups in total. The highest BCUT2D eigenvalue weighted by Crippen LogP contribution is 2.35. The summed E-state index contributed by atoms with van der Waals surface area (Å²) in [6.07, 6.45) is 6.95. The Hall–Kier alpha value is 0.240. The Morgan fingerprint density at radius 1 is 1.35 bits per heavy atom. The van der Waals surface area contributed by atoms with Crippen molar-refractivity contribution in [3.8, 4) is 0 Å². The van der Waals surface area contributed by atoms with Gasteiger partial charge in [-0.1, -0.05) is 42.5 Å². The molecular formula is C13H19Cl2NS. The van der Waals surface area contributed by atoms with Gasteiger partial charge in [0.2, 0.25) is 0 Å². The van der Waals surface area contributed by atoms with Gasteiger partial charge in [0.15, 0.2) is 0 Å². The molecule has 1 aromatic heterocycles. The minimum absolute atomic E-state index is 0.299. The molecule has 1 heterocycles. The van der Waals surface area contributed by atoms with Gasteiger partial charge in [0.25, 0.3) is 0 Å². The van der Waals surface area contributed by atoms with Crippen molar-refractivity contribution in [3.05, 3.63) is 20.3 Å². The lowest BCUT2D eigenvalue weighted by Crippen LogP contribution is -2.26. The van der Waals surface area contributed by atoms with Crippen LogP contribution in [0.4, 0.5) is 0 Å². The molecule has 0 radical (unpaired) electrons. The van der Waals surface area contributed by atoms with Gasteiger partial charge >= 0.3 is 0 Å². The zero-order valence-electron chi connectivity index (χ0n) is 10.1. The van der Waals surface area contributed by atoms with Crippen LogP contribution in [0.25, 0.3) is 0 Å². The van der Waals surface area contributed by atoms with Crippen LogP contribution in [0.2, 0.25) is 8.67 Å². The molecule has 0 aromatic carbocycles. The SMILES string of the molecule is CC(NCC1CCCCC1)c1cc(Cl)sc1Cl. The molecule has 96 valence electrons. The normalized spacial score (nSPS) is 19.5. The molecule has 1 saturated carbocycles. The number of hydrogen-bond acceptors (Lipinski definition) is 2.